The fourth-order valence-electron chi connectivity index (χ4n) is 4.18. The van der Waals surface area contributed by atoms with Crippen molar-refractivity contribution in [1.82, 2.24) is 10.6 Å². The monoisotopic (exact) mass is 632 g/mol. The van der Waals surface area contributed by atoms with Crippen LogP contribution in [-0.2, 0) is 13.0 Å². The van der Waals surface area contributed by atoms with Crippen LogP contribution in [-0.4, -0.2) is 29.7 Å². The minimum atomic E-state index is -1.00. The molecule has 4 rings (SSSR count). The van der Waals surface area contributed by atoms with Gasteiger partial charge in [-0.2, -0.15) is 11.3 Å². The van der Waals surface area contributed by atoms with E-state index in [0.29, 0.717) is 17.7 Å². The van der Waals surface area contributed by atoms with Gasteiger partial charge in [0, 0.05) is 28.3 Å². The van der Waals surface area contributed by atoms with Gasteiger partial charge in [0.15, 0.2) is 0 Å². The molecule has 0 aliphatic rings. The number of amides is 1. The zero-order chi connectivity index (χ0) is 26.4. The van der Waals surface area contributed by atoms with Crippen molar-refractivity contribution in [2.24, 2.45) is 0 Å². The van der Waals surface area contributed by atoms with Crippen LogP contribution in [0.2, 0.25) is 0 Å². The SMILES string of the molecule is Cc1cc(C(=O)NC(Cc2cc(F)cc(F)c2)C(O)CNCc2cccc(I)c2)cc(-c2ccsc2)c1. The average molecular weight is 633 g/mol. The van der Waals surface area contributed by atoms with E-state index >= 15 is 0 Å². The molecular formula is C29H27F2IN2O2S. The van der Waals surface area contributed by atoms with Gasteiger partial charge in [-0.1, -0.05) is 18.2 Å². The topological polar surface area (TPSA) is 61.4 Å². The van der Waals surface area contributed by atoms with Gasteiger partial charge in [0.2, 0.25) is 0 Å². The fourth-order valence-corrected chi connectivity index (χ4v) is 5.45. The molecule has 192 valence electrons. The summed E-state index contributed by atoms with van der Waals surface area (Å²) >= 11 is 3.82. The zero-order valence-electron chi connectivity index (χ0n) is 20.2. The smallest absolute Gasteiger partial charge is 0.251 e. The maximum atomic E-state index is 13.9. The van der Waals surface area contributed by atoms with Gasteiger partial charge in [0.25, 0.3) is 5.91 Å². The molecule has 0 saturated carbocycles. The summed E-state index contributed by atoms with van der Waals surface area (Å²) < 4.78 is 28.8. The van der Waals surface area contributed by atoms with E-state index in [4.69, 9.17) is 0 Å². The van der Waals surface area contributed by atoms with Crippen LogP contribution >= 0.6 is 33.9 Å². The highest BCUT2D eigenvalue weighted by Gasteiger charge is 2.23. The van der Waals surface area contributed by atoms with Crippen LogP contribution in [0, 0.1) is 22.1 Å². The summed E-state index contributed by atoms with van der Waals surface area (Å²) in [5.41, 5.74) is 4.74. The van der Waals surface area contributed by atoms with Gasteiger partial charge >= 0.3 is 0 Å². The van der Waals surface area contributed by atoms with Crippen LogP contribution in [0.3, 0.4) is 0 Å². The lowest BCUT2D eigenvalue weighted by Gasteiger charge is -2.25. The second-order valence-electron chi connectivity index (χ2n) is 8.99. The van der Waals surface area contributed by atoms with E-state index in [-0.39, 0.29) is 18.9 Å². The molecule has 1 amide bonds. The highest BCUT2D eigenvalue weighted by Crippen LogP contribution is 2.25. The summed E-state index contributed by atoms with van der Waals surface area (Å²) in [7, 11) is 0. The number of halogens is 3. The molecule has 4 nitrogen and oxygen atoms in total. The molecule has 0 radical (unpaired) electrons. The molecule has 0 bridgehead atoms. The van der Waals surface area contributed by atoms with Crippen LogP contribution < -0.4 is 10.6 Å². The van der Waals surface area contributed by atoms with Crippen LogP contribution in [0.25, 0.3) is 11.1 Å². The average Bonchev–Trinajstić information content (AvgIpc) is 3.38. The molecule has 2 unspecified atom stereocenters. The zero-order valence-corrected chi connectivity index (χ0v) is 23.2. The summed E-state index contributed by atoms with van der Waals surface area (Å²) in [5, 5.41) is 21.1. The Morgan fingerprint density at radius 2 is 1.78 bits per heavy atom. The van der Waals surface area contributed by atoms with Gasteiger partial charge in [-0.05, 0) is 117 Å². The number of carbonyl (C=O) groups is 1. The van der Waals surface area contributed by atoms with Gasteiger partial charge in [0.1, 0.15) is 11.6 Å². The normalized spacial score (nSPS) is 12.8. The first kappa shape index (κ1) is 27.4. The fraction of sp³-hybridized carbons (Fsp3) is 0.207. The number of nitrogens with one attached hydrogen (secondary N) is 2. The first-order valence-electron chi connectivity index (χ1n) is 11.8. The maximum Gasteiger partial charge on any atom is 0.251 e. The van der Waals surface area contributed by atoms with E-state index in [0.717, 1.165) is 31.9 Å². The molecular weight excluding hydrogens is 605 g/mol. The second kappa shape index (κ2) is 12.7. The van der Waals surface area contributed by atoms with Gasteiger partial charge in [-0.25, -0.2) is 8.78 Å². The first-order chi connectivity index (χ1) is 17.8. The number of carbonyl (C=O) groups excluding carboxylic acids is 1. The Morgan fingerprint density at radius 1 is 1.00 bits per heavy atom. The van der Waals surface area contributed by atoms with Crippen molar-refractivity contribution in [2.75, 3.05) is 6.54 Å². The third-order valence-electron chi connectivity index (χ3n) is 5.92. The molecule has 37 heavy (non-hydrogen) atoms. The second-order valence-corrected chi connectivity index (χ2v) is 11.0. The molecule has 2 atom stereocenters. The number of rotatable bonds is 10. The summed E-state index contributed by atoms with van der Waals surface area (Å²) in [4.78, 5) is 13.3. The summed E-state index contributed by atoms with van der Waals surface area (Å²) in [6.45, 7) is 2.64. The lowest BCUT2D eigenvalue weighted by atomic mass is 9.98. The molecule has 4 aromatic rings. The molecule has 0 aliphatic carbocycles. The molecule has 1 aromatic heterocycles. The van der Waals surface area contributed by atoms with Gasteiger partial charge in [-0.3, -0.25) is 4.79 Å². The lowest BCUT2D eigenvalue weighted by molar-refractivity contribution is 0.0830. The van der Waals surface area contributed by atoms with Crippen molar-refractivity contribution in [2.45, 2.75) is 32.0 Å². The Kier molecular flexibility index (Phi) is 9.42. The van der Waals surface area contributed by atoms with Crippen molar-refractivity contribution >= 4 is 39.8 Å². The minimum Gasteiger partial charge on any atom is -0.390 e. The lowest BCUT2D eigenvalue weighted by Crippen LogP contribution is -2.48. The minimum absolute atomic E-state index is 0.0652. The number of aliphatic hydroxyl groups excluding tert-OH is 1. The highest BCUT2D eigenvalue weighted by atomic mass is 127. The van der Waals surface area contributed by atoms with E-state index in [9.17, 15) is 18.7 Å². The summed E-state index contributed by atoms with van der Waals surface area (Å²) in [6, 6.07) is 18.0. The number of thiophene rings is 1. The molecule has 0 aliphatic heterocycles. The molecule has 0 fully saturated rings. The Hall–Kier alpha value is -2.66. The molecule has 0 saturated heterocycles. The maximum absolute atomic E-state index is 13.9. The van der Waals surface area contributed by atoms with E-state index in [1.165, 1.54) is 12.1 Å². The van der Waals surface area contributed by atoms with Crippen molar-refractivity contribution in [3.63, 3.8) is 0 Å². The summed E-state index contributed by atoms with van der Waals surface area (Å²) in [6.07, 6.45) is -0.936. The molecule has 8 heteroatoms. The van der Waals surface area contributed by atoms with Gasteiger partial charge < -0.3 is 15.7 Å². The Morgan fingerprint density at radius 3 is 2.49 bits per heavy atom. The van der Waals surface area contributed by atoms with Crippen LogP contribution in [0.4, 0.5) is 8.78 Å². The van der Waals surface area contributed by atoms with Crippen LogP contribution in [0.5, 0.6) is 0 Å². The molecule has 3 aromatic carbocycles. The molecule has 0 spiro atoms. The Balaban J connectivity index is 1.51. The van der Waals surface area contributed by atoms with Crippen molar-refractivity contribution < 1.29 is 18.7 Å². The summed E-state index contributed by atoms with van der Waals surface area (Å²) in [5.74, 6) is -1.77. The highest BCUT2D eigenvalue weighted by molar-refractivity contribution is 14.1. The van der Waals surface area contributed by atoms with Gasteiger partial charge in [-0.15, -0.1) is 0 Å². The molecule has 1 heterocycles. The first-order valence-corrected chi connectivity index (χ1v) is 13.8. The standard InChI is InChI=1S/C29H27F2IN2O2S/c1-18-7-22(21-5-6-37-17-21)13-23(8-18)29(36)34-27(12-20-9-24(30)14-25(31)10-20)28(35)16-33-15-19-3-2-4-26(32)11-19/h2-11,13-14,17,27-28,33,35H,12,15-16H2,1H3,(H,34,36). The Labute approximate surface area is 232 Å². The Bertz CT molecular complexity index is 1340. The number of aliphatic hydroxyl groups is 1. The number of benzene rings is 3. The van der Waals surface area contributed by atoms with Crippen LogP contribution in [0.15, 0.2) is 77.5 Å². The third kappa shape index (κ3) is 7.91. The predicted octanol–water partition coefficient (Wildman–Crippen LogP) is 6.10. The van der Waals surface area contributed by atoms with Gasteiger partial charge in [0.05, 0.1) is 12.1 Å². The van der Waals surface area contributed by atoms with E-state index in [2.05, 4.69) is 33.2 Å². The van der Waals surface area contributed by atoms with Crippen LogP contribution in [0.1, 0.15) is 27.0 Å². The van der Waals surface area contributed by atoms with Crippen molar-refractivity contribution in [1.29, 1.82) is 0 Å². The van der Waals surface area contributed by atoms with Crippen molar-refractivity contribution in [3.05, 3.63) is 115 Å². The van der Waals surface area contributed by atoms with E-state index < -0.39 is 23.8 Å². The van der Waals surface area contributed by atoms with E-state index in [1.54, 1.807) is 17.4 Å². The van der Waals surface area contributed by atoms with E-state index in [1.807, 2.05) is 60.1 Å². The largest absolute Gasteiger partial charge is 0.390 e. The third-order valence-corrected chi connectivity index (χ3v) is 7.28. The quantitative estimate of drug-likeness (QED) is 0.185. The predicted molar refractivity (Wildman–Crippen MR) is 153 cm³/mol. The number of aryl methyl sites for hydroxylation is 1. The molecule has 3 N–H and O–H groups in total. The number of hydrogen-bond acceptors (Lipinski definition) is 4. The number of hydrogen-bond donors (Lipinski definition) is 3. The van der Waals surface area contributed by atoms with Crippen molar-refractivity contribution in [3.8, 4) is 11.1 Å².